The number of aliphatic hydroxyl groups excluding tert-OH is 1. The van der Waals surface area contributed by atoms with Gasteiger partial charge in [0, 0.05) is 11.1 Å². The summed E-state index contributed by atoms with van der Waals surface area (Å²) in [5.74, 6) is 2.32. The van der Waals surface area contributed by atoms with Crippen LogP contribution in [-0.2, 0) is 4.79 Å². The van der Waals surface area contributed by atoms with Crippen LogP contribution in [0.5, 0.6) is 11.5 Å². The van der Waals surface area contributed by atoms with Crippen molar-refractivity contribution in [2.24, 2.45) is 5.92 Å². The molecule has 41 heavy (non-hydrogen) atoms. The molecule has 1 saturated carbocycles. The molecule has 0 bridgehead atoms. The summed E-state index contributed by atoms with van der Waals surface area (Å²) in [6.07, 6.45) is 8.95. The van der Waals surface area contributed by atoms with Gasteiger partial charge in [-0.05, 0) is 109 Å². The van der Waals surface area contributed by atoms with E-state index in [0.29, 0.717) is 34.3 Å². The zero-order chi connectivity index (χ0) is 29.4. The molecule has 4 heteroatoms. The Labute approximate surface area is 244 Å². The molecule has 0 saturated heterocycles. The lowest BCUT2D eigenvalue weighted by Gasteiger charge is -2.30. The lowest BCUT2D eigenvalue weighted by Crippen LogP contribution is -2.14. The van der Waals surface area contributed by atoms with Crippen LogP contribution in [0.1, 0.15) is 56.9 Å². The molecule has 0 radical (unpaired) electrons. The quantitative estimate of drug-likeness (QED) is 0.0612. The SMILES string of the molecule is C=CCCC1CCC(c2cc(OC(=O)C(=C)C)ccc2-c2ccc(-c3ccc(OC(=C)C(=C)CO)cc3)cc2)CC1. The van der Waals surface area contributed by atoms with Gasteiger partial charge in [-0.1, -0.05) is 68.3 Å². The average molecular weight is 549 g/mol. The summed E-state index contributed by atoms with van der Waals surface area (Å²) in [7, 11) is 0. The Morgan fingerprint density at radius 1 is 0.854 bits per heavy atom. The lowest BCUT2D eigenvalue weighted by molar-refractivity contribution is -0.130. The number of rotatable bonds is 12. The van der Waals surface area contributed by atoms with Gasteiger partial charge < -0.3 is 14.6 Å². The molecule has 1 aliphatic rings. The van der Waals surface area contributed by atoms with Crippen LogP contribution < -0.4 is 9.47 Å². The minimum atomic E-state index is -0.403. The monoisotopic (exact) mass is 548 g/mol. The first-order chi connectivity index (χ1) is 19.8. The summed E-state index contributed by atoms with van der Waals surface area (Å²) in [5.41, 5.74) is 6.53. The van der Waals surface area contributed by atoms with Gasteiger partial charge in [-0.2, -0.15) is 0 Å². The molecule has 0 amide bonds. The first-order valence-corrected chi connectivity index (χ1v) is 14.3. The van der Waals surface area contributed by atoms with E-state index in [1.807, 2.05) is 36.4 Å². The highest BCUT2D eigenvalue weighted by Crippen LogP contribution is 2.43. The molecule has 4 nitrogen and oxygen atoms in total. The maximum Gasteiger partial charge on any atom is 0.338 e. The first kappa shape index (κ1) is 29.8. The smallest absolute Gasteiger partial charge is 0.338 e. The van der Waals surface area contributed by atoms with Crippen LogP contribution in [0.15, 0.2) is 116 Å². The number of hydrogen-bond acceptors (Lipinski definition) is 4. The van der Waals surface area contributed by atoms with E-state index in [1.165, 1.54) is 30.4 Å². The summed E-state index contributed by atoms with van der Waals surface area (Å²) >= 11 is 0. The van der Waals surface area contributed by atoms with Crippen molar-refractivity contribution >= 4 is 5.97 Å². The van der Waals surface area contributed by atoms with Crippen LogP contribution in [0.2, 0.25) is 0 Å². The Morgan fingerprint density at radius 3 is 2.02 bits per heavy atom. The molecule has 0 heterocycles. The lowest BCUT2D eigenvalue weighted by atomic mass is 9.75. The molecule has 0 aliphatic heterocycles. The normalized spacial score (nSPS) is 16.4. The van der Waals surface area contributed by atoms with Gasteiger partial charge in [-0.3, -0.25) is 0 Å². The van der Waals surface area contributed by atoms with Crippen LogP contribution in [0, 0.1) is 5.92 Å². The second kappa shape index (κ2) is 14.0. The number of ether oxygens (including phenoxy) is 2. The van der Waals surface area contributed by atoms with E-state index in [0.717, 1.165) is 41.9 Å². The summed E-state index contributed by atoms with van der Waals surface area (Å²) in [5, 5.41) is 9.21. The van der Waals surface area contributed by atoms with Crippen molar-refractivity contribution in [2.45, 2.75) is 51.4 Å². The second-order valence-corrected chi connectivity index (χ2v) is 10.9. The van der Waals surface area contributed by atoms with Crippen molar-refractivity contribution in [3.8, 4) is 33.8 Å². The number of aliphatic hydroxyl groups is 1. The molecule has 4 rings (SSSR count). The third-order valence-electron chi connectivity index (χ3n) is 7.86. The predicted molar refractivity (Wildman–Crippen MR) is 168 cm³/mol. The second-order valence-electron chi connectivity index (χ2n) is 10.9. The molecule has 1 fully saturated rings. The van der Waals surface area contributed by atoms with E-state index in [-0.39, 0.29) is 6.61 Å². The highest BCUT2D eigenvalue weighted by molar-refractivity contribution is 5.89. The molecule has 212 valence electrons. The molecular formula is C37H40O4. The van der Waals surface area contributed by atoms with E-state index < -0.39 is 5.97 Å². The van der Waals surface area contributed by atoms with Gasteiger partial charge in [0.25, 0.3) is 0 Å². The Balaban J connectivity index is 1.56. The largest absolute Gasteiger partial charge is 0.458 e. The summed E-state index contributed by atoms with van der Waals surface area (Å²) in [4.78, 5) is 12.2. The fourth-order valence-electron chi connectivity index (χ4n) is 5.38. The zero-order valence-corrected chi connectivity index (χ0v) is 24.0. The maximum absolute atomic E-state index is 12.2. The zero-order valence-electron chi connectivity index (χ0n) is 24.0. The minimum Gasteiger partial charge on any atom is -0.458 e. The molecule has 0 spiro atoms. The fraction of sp³-hybridized carbons (Fsp3) is 0.270. The van der Waals surface area contributed by atoms with Gasteiger partial charge in [-0.15, -0.1) is 6.58 Å². The summed E-state index contributed by atoms with van der Waals surface area (Å²) in [6, 6.07) is 22.3. The molecule has 0 aromatic heterocycles. The van der Waals surface area contributed by atoms with E-state index in [9.17, 15) is 9.90 Å². The number of allylic oxidation sites excluding steroid dienone is 1. The van der Waals surface area contributed by atoms with Crippen molar-refractivity contribution < 1.29 is 19.4 Å². The van der Waals surface area contributed by atoms with E-state index >= 15 is 0 Å². The van der Waals surface area contributed by atoms with Crippen molar-refractivity contribution in [1.82, 2.24) is 0 Å². The third-order valence-corrected chi connectivity index (χ3v) is 7.86. The summed E-state index contributed by atoms with van der Waals surface area (Å²) in [6.45, 7) is 16.6. The van der Waals surface area contributed by atoms with E-state index in [2.05, 4.69) is 62.7 Å². The standard InChI is InChI=1S/C37H40O4/c1-6-7-8-28-9-11-32(12-10-28)36-23-34(41-37(39)25(2)3)21-22-35(36)31-15-13-29(14-16-31)30-17-19-33(20-18-30)40-27(5)26(4)24-38/h6,13-23,28,32,38H,1-2,4-5,7-12,24H2,3H3. The first-order valence-electron chi connectivity index (χ1n) is 14.3. The minimum absolute atomic E-state index is 0.190. The highest BCUT2D eigenvalue weighted by Gasteiger charge is 2.25. The van der Waals surface area contributed by atoms with Gasteiger partial charge in [0.05, 0.1) is 6.61 Å². The highest BCUT2D eigenvalue weighted by atomic mass is 16.5. The van der Waals surface area contributed by atoms with E-state index in [1.54, 1.807) is 6.92 Å². The molecule has 3 aromatic carbocycles. The van der Waals surface area contributed by atoms with Crippen LogP contribution in [0.4, 0.5) is 0 Å². The van der Waals surface area contributed by atoms with Crippen molar-refractivity contribution in [3.63, 3.8) is 0 Å². The molecular weight excluding hydrogens is 508 g/mol. The third kappa shape index (κ3) is 7.74. The molecule has 0 unspecified atom stereocenters. The number of carbonyl (C=O) groups is 1. The van der Waals surface area contributed by atoms with Gasteiger partial charge in [-0.25, -0.2) is 4.79 Å². The van der Waals surface area contributed by atoms with Crippen molar-refractivity contribution in [1.29, 1.82) is 0 Å². The number of hydrogen-bond donors (Lipinski definition) is 1. The molecule has 0 atom stereocenters. The Morgan fingerprint density at radius 2 is 1.44 bits per heavy atom. The van der Waals surface area contributed by atoms with Crippen LogP contribution >= 0.6 is 0 Å². The van der Waals surface area contributed by atoms with Gasteiger partial charge >= 0.3 is 5.97 Å². The predicted octanol–water partition coefficient (Wildman–Crippen LogP) is 9.18. The molecule has 1 aliphatic carbocycles. The van der Waals surface area contributed by atoms with Crippen LogP contribution in [-0.4, -0.2) is 17.7 Å². The number of carbonyl (C=O) groups excluding carboxylic acids is 1. The van der Waals surface area contributed by atoms with Crippen molar-refractivity contribution in [3.05, 3.63) is 122 Å². The van der Waals surface area contributed by atoms with Gasteiger partial charge in [0.1, 0.15) is 17.3 Å². The van der Waals surface area contributed by atoms with Crippen LogP contribution in [0.3, 0.4) is 0 Å². The number of benzene rings is 3. The summed E-state index contributed by atoms with van der Waals surface area (Å²) < 4.78 is 11.3. The Bertz CT molecular complexity index is 1400. The van der Waals surface area contributed by atoms with Gasteiger partial charge in [0.2, 0.25) is 0 Å². The Kier molecular flexibility index (Phi) is 10.2. The number of esters is 1. The maximum atomic E-state index is 12.2. The molecule has 1 N–H and O–H groups in total. The fourth-order valence-corrected chi connectivity index (χ4v) is 5.38. The van der Waals surface area contributed by atoms with Gasteiger partial charge in [0.15, 0.2) is 0 Å². The average Bonchev–Trinajstić information content (AvgIpc) is 3.00. The van der Waals surface area contributed by atoms with Crippen molar-refractivity contribution in [2.75, 3.05) is 6.61 Å². The molecule has 3 aromatic rings. The Hall–Kier alpha value is -4.15. The topological polar surface area (TPSA) is 55.8 Å². The van der Waals surface area contributed by atoms with E-state index in [4.69, 9.17) is 9.47 Å². The van der Waals surface area contributed by atoms with Crippen LogP contribution in [0.25, 0.3) is 22.3 Å².